The molecule has 1 heterocycles. The fourth-order valence-electron chi connectivity index (χ4n) is 3.57. The first-order valence-corrected chi connectivity index (χ1v) is 10.3. The maximum atomic E-state index is 13.7. The minimum absolute atomic E-state index is 0.00124. The fraction of sp³-hybridized carbons (Fsp3) is 0.120. The highest BCUT2D eigenvalue weighted by molar-refractivity contribution is 6.35. The standard InChI is InChI=1S/C25H17F3N2O5/c1-12-3-4-13(2)19(9-12)30-23(32)15-6-5-14(10-16(15)24(30)33)25(34)35-11-20(31)29-18-8-7-17(26)21(27)22(18)28/h3-10H,11H2,1-2H3,(H,29,31). The van der Waals surface area contributed by atoms with Crippen molar-refractivity contribution in [2.75, 3.05) is 16.8 Å². The second kappa shape index (κ2) is 9.05. The van der Waals surface area contributed by atoms with Crippen molar-refractivity contribution in [2.45, 2.75) is 13.8 Å². The minimum atomic E-state index is -1.76. The van der Waals surface area contributed by atoms with Crippen molar-refractivity contribution >= 4 is 35.1 Å². The first-order chi connectivity index (χ1) is 16.6. The first kappa shape index (κ1) is 23.7. The van der Waals surface area contributed by atoms with E-state index in [9.17, 15) is 32.3 Å². The molecule has 3 amide bonds. The van der Waals surface area contributed by atoms with Crippen LogP contribution in [-0.2, 0) is 9.53 Å². The number of imide groups is 1. The topological polar surface area (TPSA) is 92.8 Å². The molecule has 0 radical (unpaired) electrons. The molecule has 178 valence electrons. The van der Waals surface area contributed by atoms with Crippen LogP contribution >= 0.6 is 0 Å². The molecule has 1 aliphatic heterocycles. The van der Waals surface area contributed by atoms with Crippen LogP contribution in [0, 0.1) is 31.3 Å². The Balaban J connectivity index is 1.47. The number of anilines is 2. The van der Waals surface area contributed by atoms with E-state index in [1.54, 1.807) is 19.1 Å². The molecule has 1 N–H and O–H groups in total. The molecule has 0 saturated heterocycles. The van der Waals surface area contributed by atoms with E-state index in [1.807, 2.05) is 18.3 Å². The SMILES string of the molecule is Cc1ccc(C)c(N2C(=O)c3ccc(C(=O)OCC(=O)Nc4ccc(F)c(F)c4F)cc3C2=O)c1. The Morgan fingerprint density at radius 1 is 0.886 bits per heavy atom. The van der Waals surface area contributed by atoms with Crippen LogP contribution in [0.25, 0.3) is 0 Å². The number of nitrogens with one attached hydrogen (secondary N) is 1. The molecule has 35 heavy (non-hydrogen) atoms. The molecule has 0 unspecified atom stereocenters. The Morgan fingerprint density at radius 3 is 2.34 bits per heavy atom. The maximum Gasteiger partial charge on any atom is 0.338 e. The summed E-state index contributed by atoms with van der Waals surface area (Å²) in [5.74, 6) is -7.91. The van der Waals surface area contributed by atoms with Crippen LogP contribution in [0.1, 0.15) is 42.2 Å². The number of hydrogen-bond donors (Lipinski definition) is 1. The number of fused-ring (bicyclic) bond motifs is 1. The molecule has 4 rings (SSSR count). The number of aryl methyl sites for hydroxylation is 2. The number of benzene rings is 3. The monoisotopic (exact) mass is 482 g/mol. The van der Waals surface area contributed by atoms with Gasteiger partial charge in [0.2, 0.25) is 0 Å². The molecule has 0 bridgehead atoms. The lowest BCUT2D eigenvalue weighted by molar-refractivity contribution is -0.119. The molecular weight excluding hydrogens is 465 g/mol. The van der Waals surface area contributed by atoms with Crippen molar-refractivity contribution in [1.29, 1.82) is 0 Å². The molecule has 0 aliphatic carbocycles. The summed E-state index contributed by atoms with van der Waals surface area (Å²) in [5, 5.41) is 1.97. The molecule has 0 saturated carbocycles. The predicted molar refractivity (Wildman–Crippen MR) is 119 cm³/mol. The largest absolute Gasteiger partial charge is 0.452 e. The van der Waals surface area contributed by atoms with Gasteiger partial charge in [0.15, 0.2) is 24.1 Å². The molecule has 1 aliphatic rings. The van der Waals surface area contributed by atoms with E-state index >= 15 is 0 Å². The first-order valence-electron chi connectivity index (χ1n) is 10.3. The summed E-state index contributed by atoms with van der Waals surface area (Å²) in [4.78, 5) is 51.3. The molecule has 3 aromatic carbocycles. The lowest BCUT2D eigenvalue weighted by Gasteiger charge is -2.17. The van der Waals surface area contributed by atoms with Crippen LogP contribution < -0.4 is 10.2 Å². The van der Waals surface area contributed by atoms with Crippen molar-refractivity contribution in [2.24, 2.45) is 0 Å². The van der Waals surface area contributed by atoms with Crippen molar-refractivity contribution in [1.82, 2.24) is 0 Å². The predicted octanol–water partition coefficient (Wildman–Crippen LogP) is 4.32. The summed E-state index contributed by atoms with van der Waals surface area (Å²) in [6, 6.07) is 10.6. The van der Waals surface area contributed by atoms with Crippen LogP contribution in [0.4, 0.5) is 24.5 Å². The number of amides is 3. The van der Waals surface area contributed by atoms with Crippen molar-refractivity contribution in [3.05, 3.63) is 93.8 Å². The molecule has 0 atom stereocenters. The smallest absolute Gasteiger partial charge is 0.338 e. The fourth-order valence-corrected chi connectivity index (χ4v) is 3.57. The third-order valence-electron chi connectivity index (χ3n) is 5.37. The van der Waals surface area contributed by atoms with Gasteiger partial charge in [-0.15, -0.1) is 0 Å². The number of rotatable bonds is 5. The molecule has 3 aromatic rings. The number of halogens is 3. The van der Waals surface area contributed by atoms with Crippen LogP contribution in [0.15, 0.2) is 48.5 Å². The molecule has 10 heteroatoms. The number of hydrogen-bond acceptors (Lipinski definition) is 5. The summed E-state index contributed by atoms with van der Waals surface area (Å²) in [6.45, 7) is 2.72. The Morgan fingerprint density at radius 2 is 1.60 bits per heavy atom. The van der Waals surface area contributed by atoms with Gasteiger partial charge in [-0.1, -0.05) is 12.1 Å². The van der Waals surface area contributed by atoms with Gasteiger partial charge in [0, 0.05) is 0 Å². The second-order valence-electron chi connectivity index (χ2n) is 7.84. The molecule has 0 fully saturated rings. The van der Waals surface area contributed by atoms with Crippen molar-refractivity contribution in [3.8, 4) is 0 Å². The third kappa shape index (κ3) is 4.37. The normalized spacial score (nSPS) is 12.5. The van der Waals surface area contributed by atoms with Crippen LogP contribution in [-0.4, -0.2) is 30.3 Å². The summed E-state index contributed by atoms with van der Waals surface area (Å²) in [7, 11) is 0. The quantitative estimate of drug-likeness (QED) is 0.332. The Bertz CT molecular complexity index is 1420. The number of carbonyl (C=O) groups is 4. The number of esters is 1. The minimum Gasteiger partial charge on any atom is -0.452 e. The van der Waals surface area contributed by atoms with Gasteiger partial charge in [-0.3, -0.25) is 14.4 Å². The average Bonchev–Trinajstić information content (AvgIpc) is 3.08. The molecule has 0 spiro atoms. The molecule has 0 aromatic heterocycles. The van der Waals surface area contributed by atoms with Crippen LogP contribution in [0.5, 0.6) is 0 Å². The van der Waals surface area contributed by atoms with Crippen LogP contribution in [0.2, 0.25) is 0 Å². The van der Waals surface area contributed by atoms with Gasteiger partial charge in [0.25, 0.3) is 17.7 Å². The van der Waals surface area contributed by atoms with Crippen molar-refractivity contribution < 1.29 is 37.1 Å². The lowest BCUT2D eigenvalue weighted by atomic mass is 10.1. The van der Waals surface area contributed by atoms with E-state index in [0.29, 0.717) is 17.3 Å². The van der Waals surface area contributed by atoms with Crippen molar-refractivity contribution in [3.63, 3.8) is 0 Å². The summed E-state index contributed by atoms with van der Waals surface area (Å²) >= 11 is 0. The van der Waals surface area contributed by atoms with Gasteiger partial charge in [-0.25, -0.2) is 22.9 Å². The highest BCUT2D eigenvalue weighted by Crippen LogP contribution is 2.32. The summed E-state index contributed by atoms with van der Waals surface area (Å²) in [5.41, 5.74) is 1.39. The Hall–Kier alpha value is -4.47. The van der Waals surface area contributed by atoms with Gasteiger partial charge < -0.3 is 10.1 Å². The Labute approximate surface area is 197 Å². The van der Waals surface area contributed by atoms with Gasteiger partial charge in [-0.05, 0) is 61.4 Å². The zero-order valence-corrected chi connectivity index (χ0v) is 18.4. The summed E-state index contributed by atoms with van der Waals surface area (Å²) < 4.78 is 44.8. The van der Waals surface area contributed by atoms with Gasteiger partial charge in [-0.2, -0.15) is 0 Å². The average molecular weight is 482 g/mol. The van der Waals surface area contributed by atoms with Gasteiger partial charge in [0.1, 0.15) is 0 Å². The lowest BCUT2D eigenvalue weighted by Crippen LogP contribution is -2.30. The number of carbonyl (C=O) groups excluding carboxylic acids is 4. The zero-order valence-electron chi connectivity index (χ0n) is 18.4. The van der Waals surface area contributed by atoms with E-state index in [4.69, 9.17) is 4.74 Å². The van der Waals surface area contributed by atoms with E-state index < -0.39 is 53.4 Å². The highest BCUT2D eigenvalue weighted by Gasteiger charge is 2.38. The number of ether oxygens (including phenoxy) is 1. The number of nitrogens with zero attached hydrogens (tertiary/aromatic N) is 1. The molecular formula is C25H17F3N2O5. The van der Waals surface area contributed by atoms with E-state index in [1.165, 1.54) is 18.2 Å². The second-order valence-corrected chi connectivity index (χ2v) is 7.84. The van der Waals surface area contributed by atoms with Crippen LogP contribution in [0.3, 0.4) is 0 Å². The summed E-state index contributed by atoms with van der Waals surface area (Å²) in [6.07, 6.45) is 0. The van der Waals surface area contributed by atoms with E-state index in [-0.39, 0.29) is 16.7 Å². The Kier molecular flexibility index (Phi) is 6.12. The van der Waals surface area contributed by atoms with Gasteiger partial charge >= 0.3 is 5.97 Å². The van der Waals surface area contributed by atoms with E-state index in [2.05, 4.69) is 0 Å². The van der Waals surface area contributed by atoms with Gasteiger partial charge in [0.05, 0.1) is 28.1 Å². The molecule has 7 nitrogen and oxygen atoms in total. The van der Waals surface area contributed by atoms with E-state index in [0.717, 1.165) is 16.5 Å². The zero-order chi connectivity index (χ0) is 25.4. The third-order valence-corrected chi connectivity index (χ3v) is 5.37. The highest BCUT2D eigenvalue weighted by atomic mass is 19.2. The maximum absolute atomic E-state index is 13.7.